The van der Waals surface area contributed by atoms with E-state index in [1.165, 1.54) is 0 Å². The molecule has 0 aliphatic heterocycles. The number of aryl methyl sites for hydroxylation is 1. The lowest BCUT2D eigenvalue weighted by Gasteiger charge is -2.14. The van der Waals surface area contributed by atoms with Gasteiger partial charge in [0.15, 0.2) is 0 Å². The summed E-state index contributed by atoms with van der Waals surface area (Å²) in [7, 11) is 1.96. The van der Waals surface area contributed by atoms with Gasteiger partial charge in [0.1, 0.15) is 5.82 Å². The largest absolute Gasteiger partial charge is 0.310 e. The molecule has 3 aromatic carbocycles. The van der Waals surface area contributed by atoms with Crippen molar-refractivity contribution in [3.05, 3.63) is 108 Å². The number of hydrogen-bond acceptors (Lipinski definition) is 5. The molecule has 2 heterocycles. The van der Waals surface area contributed by atoms with Crippen LogP contribution in [0.1, 0.15) is 43.0 Å². The predicted molar refractivity (Wildman–Crippen MR) is 162 cm³/mol. The van der Waals surface area contributed by atoms with Crippen LogP contribution in [0.5, 0.6) is 0 Å². The topological polar surface area (TPSA) is 96.0 Å². The fourth-order valence-corrected chi connectivity index (χ4v) is 5.36. The number of aliphatic imine (C=N–C) groups is 1. The minimum atomic E-state index is -0.271. The van der Waals surface area contributed by atoms with Crippen molar-refractivity contribution in [3.8, 4) is 17.2 Å². The number of carbonyl (C=O) groups is 1. The highest BCUT2D eigenvalue weighted by molar-refractivity contribution is 6.15. The monoisotopic (exact) mass is 538 g/mol. The third kappa shape index (κ3) is 5.24. The van der Waals surface area contributed by atoms with Crippen molar-refractivity contribution in [1.82, 2.24) is 14.8 Å². The number of nitriles is 1. The van der Waals surface area contributed by atoms with Crippen molar-refractivity contribution in [2.24, 2.45) is 23.9 Å². The van der Waals surface area contributed by atoms with Crippen LogP contribution in [-0.2, 0) is 11.8 Å². The minimum absolute atomic E-state index is 0.164. The van der Waals surface area contributed by atoms with E-state index in [9.17, 15) is 4.79 Å². The zero-order chi connectivity index (χ0) is 28.5. The molecule has 1 fully saturated rings. The highest BCUT2D eigenvalue weighted by Gasteiger charge is 2.43. The van der Waals surface area contributed by atoms with Gasteiger partial charge in [-0.25, -0.2) is 9.98 Å². The quantitative estimate of drug-likeness (QED) is 0.225. The van der Waals surface area contributed by atoms with Crippen molar-refractivity contribution in [1.29, 1.82) is 5.26 Å². The van der Waals surface area contributed by atoms with Crippen LogP contribution in [0.4, 0.5) is 11.5 Å². The van der Waals surface area contributed by atoms with Crippen molar-refractivity contribution in [2.75, 3.05) is 5.32 Å². The van der Waals surface area contributed by atoms with Gasteiger partial charge in [-0.15, -0.1) is 0 Å². The van der Waals surface area contributed by atoms with Gasteiger partial charge in [0, 0.05) is 41.0 Å². The van der Waals surface area contributed by atoms with Crippen LogP contribution in [0.25, 0.3) is 21.9 Å². The summed E-state index contributed by atoms with van der Waals surface area (Å²) < 4.78 is 1.92. The third-order valence-corrected chi connectivity index (χ3v) is 7.53. The van der Waals surface area contributed by atoms with Crippen molar-refractivity contribution >= 4 is 33.9 Å². The van der Waals surface area contributed by atoms with Crippen LogP contribution >= 0.6 is 0 Å². The van der Waals surface area contributed by atoms with Gasteiger partial charge in [0.25, 0.3) is 0 Å². The second kappa shape index (κ2) is 10.8. The normalized spacial score (nSPS) is 15.9. The van der Waals surface area contributed by atoms with Gasteiger partial charge >= 0.3 is 0 Å². The van der Waals surface area contributed by atoms with E-state index >= 15 is 0 Å². The van der Waals surface area contributed by atoms with E-state index in [4.69, 9.17) is 10.3 Å². The fourth-order valence-electron chi connectivity index (χ4n) is 5.36. The lowest BCUT2D eigenvalue weighted by molar-refractivity contribution is -0.117. The van der Waals surface area contributed by atoms with E-state index < -0.39 is 0 Å². The zero-order valence-electron chi connectivity index (χ0n) is 23.2. The number of amides is 1. The SMILES string of the molecule is CC(C)c1c(-c2cc(N=C(c3ccccc3)c3ccccc3)c3cnc(NC(=O)[C@@H]4C[C@H]4C#N)cc3c2)cnn1C. The molecule has 7 nitrogen and oxygen atoms in total. The summed E-state index contributed by atoms with van der Waals surface area (Å²) in [5.74, 6) is 0.0790. The molecule has 2 atom stereocenters. The molecule has 1 amide bonds. The van der Waals surface area contributed by atoms with E-state index in [-0.39, 0.29) is 23.7 Å². The van der Waals surface area contributed by atoms with Gasteiger partial charge in [-0.05, 0) is 41.5 Å². The number of rotatable bonds is 7. The standard InChI is InChI=1S/C34H30N6O/c1-21(2)33-29(20-37-40(33)3)24-14-25-17-31(39-34(41)27-15-26(27)18-35)36-19-28(25)30(16-24)38-32(22-10-6-4-7-11-22)23-12-8-5-9-13-23/h4-14,16-17,19-21,26-27H,15H2,1-3H3,(H,36,39,41)/t26-,27+/m0/s1. The number of pyridine rings is 1. The number of anilines is 1. The Hall–Kier alpha value is -5.09. The average molecular weight is 539 g/mol. The maximum absolute atomic E-state index is 12.7. The Labute approximate surface area is 239 Å². The van der Waals surface area contributed by atoms with Gasteiger partial charge in [-0.1, -0.05) is 74.5 Å². The van der Waals surface area contributed by atoms with Crippen LogP contribution in [0.15, 0.2) is 96.2 Å². The maximum Gasteiger partial charge on any atom is 0.230 e. The molecule has 0 unspecified atom stereocenters. The van der Waals surface area contributed by atoms with E-state index in [0.29, 0.717) is 12.2 Å². The summed E-state index contributed by atoms with van der Waals surface area (Å²) in [4.78, 5) is 22.5. The number of hydrogen-bond donors (Lipinski definition) is 1. The summed E-state index contributed by atoms with van der Waals surface area (Å²) in [5, 5.41) is 18.4. The fraction of sp³-hybridized carbons (Fsp3) is 0.206. The number of nitrogens with zero attached hydrogens (tertiary/aromatic N) is 5. The molecular formula is C34H30N6O. The minimum Gasteiger partial charge on any atom is -0.310 e. The molecule has 0 saturated heterocycles. The Balaban J connectivity index is 1.54. The summed E-state index contributed by atoms with van der Waals surface area (Å²) in [5.41, 5.74) is 6.81. The molecule has 0 spiro atoms. The number of benzene rings is 3. The van der Waals surface area contributed by atoms with Crippen LogP contribution < -0.4 is 5.32 Å². The van der Waals surface area contributed by atoms with E-state index in [1.807, 2.05) is 60.4 Å². The Bertz CT molecular complexity index is 1770. The van der Waals surface area contributed by atoms with Crippen LogP contribution in [0.2, 0.25) is 0 Å². The van der Waals surface area contributed by atoms with Gasteiger partial charge in [0.2, 0.25) is 5.91 Å². The first-order valence-electron chi connectivity index (χ1n) is 13.8. The molecular weight excluding hydrogens is 508 g/mol. The van der Waals surface area contributed by atoms with Gasteiger partial charge < -0.3 is 5.32 Å². The highest BCUT2D eigenvalue weighted by atomic mass is 16.2. The summed E-state index contributed by atoms with van der Waals surface area (Å²) in [6.45, 7) is 4.32. The van der Waals surface area contributed by atoms with Gasteiger partial charge in [-0.2, -0.15) is 10.4 Å². The summed E-state index contributed by atoms with van der Waals surface area (Å²) >= 11 is 0. The molecule has 2 aromatic heterocycles. The number of fused-ring (bicyclic) bond motifs is 1. The number of carbonyl (C=O) groups excluding carboxylic acids is 1. The van der Waals surface area contributed by atoms with Crippen molar-refractivity contribution in [2.45, 2.75) is 26.2 Å². The highest BCUT2D eigenvalue weighted by Crippen LogP contribution is 2.40. The van der Waals surface area contributed by atoms with Gasteiger partial charge in [0.05, 0.1) is 35.5 Å². The first kappa shape index (κ1) is 26.1. The average Bonchev–Trinajstić information content (AvgIpc) is 3.69. The first-order chi connectivity index (χ1) is 19.9. The summed E-state index contributed by atoms with van der Waals surface area (Å²) in [6.07, 6.45) is 4.26. The molecule has 1 N–H and O–H groups in total. The molecule has 6 rings (SSSR count). The Morgan fingerprint density at radius 2 is 1.71 bits per heavy atom. The molecule has 1 aliphatic carbocycles. The molecule has 1 saturated carbocycles. The Morgan fingerprint density at radius 1 is 1.02 bits per heavy atom. The molecule has 202 valence electrons. The van der Waals surface area contributed by atoms with Crippen molar-refractivity contribution < 1.29 is 4.79 Å². The van der Waals surface area contributed by atoms with Crippen LogP contribution in [0.3, 0.4) is 0 Å². The predicted octanol–water partition coefficient (Wildman–Crippen LogP) is 7.03. The molecule has 41 heavy (non-hydrogen) atoms. The van der Waals surface area contributed by atoms with Gasteiger partial charge in [-0.3, -0.25) is 9.48 Å². The summed E-state index contributed by atoms with van der Waals surface area (Å²) in [6, 6.07) is 28.6. The second-order valence-corrected chi connectivity index (χ2v) is 10.8. The molecule has 0 bridgehead atoms. The van der Waals surface area contributed by atoms with Crippen molar-refractivity contribution in [3.63, 3.8) is 0 Å². The molecule has 5 aromatic rings. The smallest absolute Gasteiger partial charge is 0.230 e. The second-order valence-electron chi connectivity index (χ2n) is 10.8. The van der Waals surface area contributed by atoms with E-state index in [2.05, 4.69) is 71.7 Å². The zero-order valence-corrected chi connectivity index (χ0v) is 23.2. The van der Waals surface area contributed by atoms with Crippen LogP contribution in [0, 0.1) is 23.2 Å². The first-order valence-corrected chi connectivity index (χ1v) is 13.8. The molecule has 0 radical (unpaired) electrons. The molecule has 7 heteroatoms. The third-order valence-electron chi connectivity index (χ3n) is 7.53. The lowest BCUT2D eigenvalue weighted by atomic mass is 9.96. The number of aromatic nitrogens is 3. The van der Waals surface area contributed by atoms with E-state index in [0.717, 1.165) is 50.1 Å². The van der Waals surface area contributed by atoms with E-state index in [1.54, 1.807) is 6.20 Å². The Kier molecular flexibility index (Phi) is 6.90. The maximum atomic E-state index is 12.7. The van der Waals surface area contributed by atoms with Crippen LogP contribution in [-0.4, -0.2) is 26.4 Å². The number of nitrogens with one attached hydrogen (secondary N) is 1. The molecule has 1 aliphatic rings. The lowest BCUT2D eigenvalue weighted by Crippen LogP contribution is -2.15. The Morgan fingerprint density at radius 3 is 2.32 bits per heavy atom.